The number of esters is 3. The summed E-state index contributed by atoms with van der Waals surface area (Å²) in [6, 6.07) is 22.2. The summed E-state index contributed by atoms with van der Waals surface area (Å²) >= 11 is 0. The summed E-state index contributed by atoms with van der Waals surface area (Å²) < 4.78 is 258. The largest absolute Gasteiger partial charge is 0.463 e. The normalized spacial score (nSPS) is 25.9. The summed E-state index contributed by atoms with van der Waals surface area (Å²) in [5, 5.41) is 36.0. The highest BCUT2D eigenvalue weighted by Gasteiger charge is 2.62. The summed E-state index contributed by atoms with van der Waals surface area (Å²) in [6.07, 6.45) is -24.3. The number of para-hydroxylation sites is 3. The Hall–Kier alpha value is -10.1. The van der Waals surface area contributed by atoms with Crippen LogP contribution in [0.15, 0.2) is 138 Å². The molecule has 0 bridgehead atoms. The molecule has 3 aliphatic heterocycles. The Morgan fingerprint density at radius 3 is 1.18 bits per heavy atom. The number of carbonyl (C=O) groups is 3. The van der Waals surface area contributed by atoms with Crippen molar-refractivity contribution in [1.82, 2.24) is 38.9 Å². The lowest BCUT2D eigenvalue weighted by Gasteiger charge is -2.25. The lowest BCUT2D eigenvalue weighted by atomic mass is 9.96. The van der Waals surface area contributed by atoms with Crippen LogP contribution in [0.4, 0.5) is 30.7 Å². The summed E-state index contributed by atoms with van der Waals surface area (Å²) in [7, 11) is -14.1. The number of nitrogens with one attached hydrogen (secondary N) is 3. The number of alkyl halides is 6. The van der Waals surface area contributed by atoms with Crippen LogP contribution in [-0.2, 0) is 70.1 Å². The third-order valence-electron chi connectivity index (χ3n) is 15.9. The fraction of sp³-hybridized carbons (Fsp3) is 0.493. The molecule has 642 valence electrons. The second-order valence-electron chi connectivity index (χ2n) is 26.5. The van der Waals surface area contributed by atoms with E-state index in [1.165, 1.54) is 93.6 Å². The monoisotopic (exact) mass is 1740 g/mol. The first kappa shape index (κ1) is 85.8. The van der Waals surface area contributed by atoms with Crippen LogP contribution in [0.25, 0.3) is 0 Å². The quantitative estimate of drug-likeness (QED) is 0.00991. The zero-order chi connectivity index (χ0) is 92.6. The number of aliphatic hydroxyl groups excluding tert-OH is 3. The van der Waals surface area contributed by atoms with Crippen LogP contribution >= 0.6 is 22.8 Å². The number of nitrogens with zero attached hydrogens (tertiary/aromatic N) is 5. The molecule has 0 radical (unpaired) electrons. The summed E-state index contributed by atoms with van der Waals surface area (Å²) in [5.41, 5.74) is -17.7. The number of halogens is 7. The Kier molecular flexibility index (Phi) is 30.5. The predicted molar refractivity (Wildman–Crippen MR) is 400 cm³/mol. The number of carbonyl (C=O) groups excluding carboxylic acids is 3. The Morgan fingerprint density at radius 1 is 0.517 bits per heavy atom. The molecule has 6 aromatic rings. The van der Waals surface area contributed by atoms with Gasteiger partial charge in [0.25, 0.3) is 11.1 Å². The average Bonchev–Trinajstić information content (AvgIpc) is 1.79. The van der Waals surface area contributed by atoms with E-state index in [1.807, 2.05) is 0 Å². The van der Waals surface area contributed by atoms with Crippen molar-refractivity contribution >= 4 is 40.7 Å². The van der Waals surface area contributed by atoms with E-state index in [0.29, 0.717) is 17.1 Å². The molecular formula is C73H84F7N8O27P3. The number of aromatic nitrogens is 8. The van der Waals surface area contributed by atoms with Gasteiger partial charge in [-0.25, -0.2) is 59.2 Å². The molecule has 6 heterocycles. The highest BCUT2D eigenvalue weighted by molar-refractivity contribution is 7.55. The number of rotatable bonds is 30. The number of H-pyrrole nitrogens is 3. The van der Waals surface area contributed by atoms with Gasteiger partial charge in [0.1, 0.15) is 86.4 Å². The third-order valence-corrected chi connectivity index (χ3v) is 21.5. The molecule has 3 aromatic heterocycles. The minimum absolute atomic E-state index is 0.0265. The number of aliphatic hydroxyl groups is 3. The van der Waals surface area contributed by atoms with Crippen LogP contribution in [0.5, 0.6) is 17.2 Å². The first-order valence-electron chi connectivity index (χ1n) is 38.1. The average molecular weight is 1740 g/mol. The van der Waals surface area contributed by atoms with E-state index in [9.17, 15) is 89.7 Å². The fourth-order valence-electron chi connectivity index (χ4n) is 10.6. The van der Waals surface area contributed by atoms with E-state index in [0.717, 1.165) is 0 Å². The molecule has 0 saturated carbocycles. The fourth-order valence-corrected chi connectivity index (χ4v) is 15.7. The summed E-state index contributed by atoms with van der Waals surface area (Å²) in [4.78, 5) is 117. The van der Waals surface area contributed by atoms with E-state index < -0.39 is 247 Å². The van der Waals surface area contributed by atoms with Crippen molar-refractivity contribution in [3.05, 3.63) is 178 Å². The number of benzene rings is 3. The second kappa shape index (κ2) is 42.0. The van der Waals surface area contributed by atoms with Crippen LogP contribution in [0, 0.1) is 59.1 Å². The van der Waals surface area contributed by atoms with Crippen molar-refractivity contribution in [2.45, 2.75) is 153 Å². The van der Waals surface area contributed by atoms with Gasteiger partial charge in [-0.15, -0.1) is 0 Å². The molecule has 0 spiro atoms. The molecule has 118 heavy (non-hydrogen) atoms. The smallest absolute Gasteiger partial charge is 0.380 e. The van der Waals surface area contributed by atoms with Gasteiger partial charge in [-0.1, -0.05) is 111 Å². The van der Waals surface area contributed by atoms with Crippen molar-refractivity contribution in [1.29, 1.82) is 0 Å². The first-order chi connectivity index (χ1) is 57.8. The zero-order valence-corrected chi connectivity index (χ0v) is 66.3. The highest BCUT2D eigenvalue weighted by Crippen LogP contribution is 2.55. The van der Waals surface area contributed by atoms with Gasteiger partial charge in [-0.3, -0.25) is 61.6 Å². The molecule has 18 atom stereocenters. The molecule has 3 unspecified atom stereocenters. The SMILES string of the molecule is [2H]C([2H])(O[P@@](=O)(C[C@@H](C)C(=O)OC(C)C)Oc1ccccc1)[C@H]1O[C@@H](n2cc(F)c(=O)[nH]c2=O)C(F)(C#CCF)[C@H]1O.[2H]C([2H])(O[P@@](=O)(C[C@@H](C)C(=O)OC(C)C)Oc1ccccc1)[C@H]1O[C@@H](n2cnc(=O)[nH]c2=O)C(F)(C#CCF)[C@H]1O.[2H]C([2H])(O[P@@](=O)(C[C@@H](C)C(=O)OC(C)C)Oc1ccccc1)[C@H]1O[C@@H](n2ncc(=O)[nH]c2=O)C(F)(C#CCF)[C@H]1O. The van der Waals surface area contributed by atoms with Crippen molar-refractivity contribution < 1.29 is 138 Å². The number of ether oxygens (including phenoxy) is 6. The Labute approximate surface area is 675 Å². The molecule has 3 saturated heterocycles. The molecule has 35 nitrogen and oxygen atoms in total. The Balaban J connectivity index is 0.000000256. The van der Waals surface area contributed by atoms with Crippen LogP contribution < -0.4 is 47.4 Å². The Bertz CT molecular complexity index is 5270. The van der Waals surface area contributed by atoms with Gasteiger partial charge >= 0.3 is 63.5 Å². The topological polar surface area (TPSA) is 464 Å². The number of hydrogen-bond acceptors (Lipinski definition) is 29. The molecule has 6 N–H and O–H groups in total. The van der Waals surface area contributed by atoms with E-state index in [4.69, 9.17) is 63.8 Å². The third kappa shape index (κ3) is 25.2. The second-order valence-corrected chi connectivity index (χ2v) is 32.3. The maximum Gasteiger partial charge on any atom is 0.380 e. The van der Waals surface area contributed by atoms with Gasteiger partial charge in [-0.05, 0) is 77.9 Å². The minimum Gasteiger partial charge on any atom is -0.463 e. The van der Waals surface area contributed by atoms with Gasteiger partial charge in [0.05, 0.1) is 88.6 Å². The van der Waals surface area contributed by atoms with Gasteiger partial charge in [0.15, 0.2) is 12.5 Å². The van der Waals surface area contributed by atoms with Crippen molar-refractivity contribution in [2.75, 3.05) is 58.2 Å². The van der Waals surface area contributed by atoms with Crippen molar-refractivity contribution in [3.63, 3.8) is 0 Å². The zero-order valence-electron chi connectivity index (χ0n) is 69.7. The molecule has 0 aliphatic carbocycles. The lowest BCUT2D eigenvalue weighted by molar-refractivity contribution is -0.152. The molecule has 3 fully saturated rings. The lowest BCUT2D eigenvalue weighted by Crippen LogP contribution is -2.46. The molecule has 45 heteroatoms. The van der Waals surface area contributed by atoms with Gasteiger partial charge in [0.2, 0.25) is 29.1 Å². The highest BCUT2D eigenvalue weighted by atomic mass is 31.2. The van der Waals surface area contributed by atoms with Gasteiger partial charge in [-0.2, -0.15) is 19.2 Å². The molecule has 0 amide bonds. The molecular weight excluding hydrogens is 1650 g/mol. The van der Waals surface area contributed by atoms with Crippen LogP contribution in [0.2, 0.25) is 0 Å². The van der Waals surface area contributed by atoms with Crippen molar-refractivity contribution in [3.8, 4) is 52.8 Å². The maximum absolute atomic E-state index is 16.2. The van der Waals surface area contributed by atoms with E-state index in [-0.39, 0.29) is 32.7 Å². The van der Waals surface area contributed by atoms with Crippen LogP contribution in [0.1, 0.15) is 89.2 Å². The van der Waals surface area contributed by atoms with Gasteiger partial charge in [0, 0.05) is 0 Å². The molecule has 3 aliphatic rings. The predicted octanol–water partition coefficient (Wildman–Crippen LogP) is 5.99. The van der Waals surface area contributed by atoms with Crippen molar-refractivity contribution in [2.24, 2.45) is 17.8 Å². The maximum atomic E-state index is 16.2. The summed E-state index contributed by atoms with van der Waals surface area (Å²) in [6.45, 7) is -0.775. The van der Waals surface area contributed by atoms with Crippen LogP contribution in [-0.4, -0.2) is 202 Å². The van der Waals surface area contributed by atoms with E-state index in [2.05, 4.69) is 10.1 Å². The van der Waals surface area contributed by atoms with E-state index >= 15 is 13.2 Å². The van der Waals surface area contributed by atoms with Crippen LogP contribution in [0.3, 0.4) is 0 Å². The molecule has 9 rings (SSSR count). The Morgan fingerprint density at radius 2 is 0.847 bits per heavy atom. The first-order valence-corrected chi connectivity index (χ1v) is 40.3. The van der Waals surface area contributed by atoms with Gasteiger partial charge < -0.3 is 57.3 Å². The minimum atomic E-state index is -4.74. The standard InChI is InChI=1S/C25H28F3N2O9P.2C24H28F2N3O9P/c1-15(2)37-22(33)16(3)14-40(35,39-17-8-5-4-6-9-17)36-13-19-20(31)25(28,10-7-11-26)23(38-19)30-12-18(27)21(32)29-24(30)34;1-15(2)36-21(32)16(3)14-39(34,38-17-8-5-4-6-9-17)35-13-18-20(31)24(26,10-7-11-25)22(37-18)29-23(33)28-19(30)12-27-29;1-15(2)36-20(31)16(3)13-39(34,38-17-8-5-4-6-9-17)35-12-18-19(30)24(26,10-7-11-25)21(37-18)29-14-27-22(32)28-23(29)33/h4-6,8-9,12,15-16,19-20,23,31H,11,13-14H2,1-3H3,(H,29,32,34);4-6,8-9,12,15-16,18,20,22,31H,11,13-14H2,1-3H3,(H,28,30,33);4-6,8-9,14-16,18-19,21,30H,11-13H2,1-3H3,(H,28,32,33)/t16-,19-,20+,23-,25?,40+;16-,18-,20+,22-,24?,39+;16-,18-,19+,21-,24?,39+/m111/s1/i2*13D2;12D2. The van der Waals surface area contributed by atoms with E-state index in [1.54, 1.807) is 110 Å². The number of hydrogen-bond donors (Lipinski definition) is 6. The molecule has 3 aromatic carbocycles. The number of aromatic amines is 3. The summed E-state index contributed by atoms with van der Waals surface area (Å²) in [5.74, 6) is 3.00.